The van der Waals surface area contributed by atoms with Crippen molar-refractivity contribution in [2.24, 2.45) is 0 Å². The molecule has 0 radical (unpaired) electrons. The van der Waals surface area contributed by atoms with Crippen LogP contribution in [-0.2, 0) is 0 Å². The molecule has 0 atom stereocenters. The summed E-state index contributed by atoms with van der Waals surface area (Å²) in [5, 5.41) is 2.52. The first kappa shape index (κ1) is 10.3. The van der Waals surface area contributed by atoms with Crippen LogP contribution in [0.3, 0.4) is 0 Å². The van der Waals surface area contributed by atoms with Crippen molar-refractivity contribution < 1.29 is 8.78 Å². The lowest BCUT2D eigenvalue weighted by atomic mass is 10.1. The summed E-state index contributed by atoms with van der Waals surface area (Å²) < 4.78 is 26.7. The Bertz CT molecular complexity index is 481. The van der Waals surface area contributed by atoms with Gasteiger partial charge in [-0.2, -0.15) is 0 Å². The quantitative estimate of drug-likeness (QED) is 0.674. The Labute approximate surface area is 96.6 Å². The molecule has 0 unspecified atom stereocenters. The predicted molar refractivity (Wildman–Crippen MR) is 59.5 cm³/mol. The van der Waals surface area contributed by atoms with Gasteiger partial charge in [-0.25, -0.2) is 8.78 Å². The van der Waals surface area contributed by atoms with Crippen LogP contribution in [-0.4, -0.2) is 0 Å². The highest BCUT2D eigenvalue weighted by Crippen LogP contribution is 2.40. The van der Waals surface area contributed by atoms with E-state index in [9.17, 15) is 8.78 Å². The van der Waals surface area contributed by atoms with Crippen molar-refractivity contribution >= 4 is 49.0 Å². The summed E-state index contributed by atoms with van der Waals surface area (Å²) in [4.78, 5) is 0. The van der Waals surface area contributed by atoms with Crippen LogP contribution in [0, 0.1) is 0 Å². The average Bonchev–Trinajstić information content (AvgIpc) is 2.47. The number of alkyl halides is 2. The molecule has 74 valence electrons. The lowest BCUT2D eigenvalue weighted by Gasteiger charge is -2.05. The van der Waals surface area contributed by atoms with Crippen LogP contribution in [0.15, 0.2) is 22.0 Å². The summed E-state index contributed by atoms with van der Waals surface area (Å²) in [5.74, 6) is 0. The Morgan fingerprint density at radius 2 is 2.07 bits per heavy atom. The fraction of sp³-hybridized carbons (Fsp3) is 0.111. The van der Waals surface area contributed by atoms with Crippen LogP contribution in [0.2, 0.25) is 5.02 Å². The third-order valence-corrected chi connectivity index (χ3v) is 3.97. The molecule has 0 bridgehead atoms. The van der Waals surface area contributed by atoms with Crippen molar-refractivity contribution in [1.82, 2.24) is 0 Å². The van der Waals surface area contributed by atoms with E-state index in [2.05, 4.69) is 15.9 Å². The number of fused-ring (bicyclic) bond motifs is 1. The average molecular weight is 298 g/mol. The van der Waals surface area contributed by atoms with Gasteiger partial charge in [-0.3, -0.25) is 0 Å². The van der Waals surface area contributed by atoms with E-state index in [1.165, 1.54) is 11.3 Å². The van der Waals surface area contributed by atoms with Crippen molar-refractivity contribution in [1.29, 1.82) is 0 Å². The lowest BCUT2D eigenvalue weighted by molar-refractivity contribution is 0.152. The monoisotopic (exact) mass is 296 g/mol. The van der Waals surface area contributed by atoms with Crippen molar-refractivity contribution in [3.63, 3.8) is 0 Å². The Hall–Kier alpha value is -0.190. The van der Waals surface area contributed by atoms with Crippen LogP contribution < -0.4 is 0 Å². The molecule has 1 aromatic carbocycles. The SMILES string of the molecule is FC(F)c1c(Br)ccc2scc(Cl)c12. The van der Waals surface area contributed by atoms with E-state index in [0.29, 0.717) is 14.9 Å². The third kappa shape index (κ3) is 1.55. The molecule has 5 heteroatoms. The van der Waals surface area contributed by atoms with E-state index in [4.69, 9.17) is 11.6 Å². The second-order valence-electron chi connectivity index (χ2n) is 2.72. The molecule has 0 aliphatic heterocycles. The van der Waals surface area contributed by atoms with E-state index in [1.807, 2.05) is 0 Å². The van der Waals surface area contributed by atoms with Crippen molar-refractivity contribution in [3.05, 3.63) is 32.6 Å². The van der Waals surface area contributed by atoms with Gasteiger partial charge in [0.05, 0.1) is 5.02 Å². The molecule has 0 amide bonds. The molecule has 0 fully saturated rings. The summed E-state index contributed by atoms with van der Waals surface area (Å²) in [6, 6.07) is 3.40. The number of halogens is 4. The number of rotatable bonds is 1. The summed E-state index contributed by atoms with van der Waals surface area (Å²) in [6.45, 7) is 0. The fourth-order valence-corrected chi connectivity index (χ4v) is 3.04. The highest BCUT2D eigenvalue weighted by Gasteiger charge is 2.18. The second kappa shape index (κ2) is 3.76. The third-order valence-electron chi connectivity index (χ3n) is 1.90. The summed E-state index contributed by atoms with van der Waals surface area (Å²) in [7, 11) is 0. The molecular weight excluding hydrogens is 294 g/mol. The molecule has 0 nitrogen and oxygen atoms in total. The molecule has 0 aliphatic rings. The standard InChI is InChI=1S/C9H4BrClF2S/c10-4-1-2-6-8(5(11)3-14-6)7(4)9(12)13/h1-3,9H. The zero-order valence-corrected chi connectivity index (χ0v) is 9.89. The smallest absolute Gasteiger partial charge is 0.205 e. The largest absolute Gasteiger partial charge is 0.265 e. The van der Waals surface area contributed by atoms with Gasteiger partial charge in [0.15, 0.2) is 0 Å². The zero-order valence-electron chi connectivity index (χ0n) is 6.73. The molecule has 1 heterocycles. The summed E-state index contributed by atoms with van der Waals surface area (Å²) >= 11 is 10.3. The Kier molecular flexibility index (Phi) is 2.77. The first-order valence-electron chi connectivity index (χ1n) is 3.74. The highest BCUT2D eigenvalue weighted by molar-refractivity contribution is 9.10. The van der Waals surface area contributed by atoms with E-state index >= 15 is 0 Å². The summed E-state index contributed by atoms with van der Waals surface area (Å²) in [6.07, 6.45) is -2.51. The number of benzene rings is 1. The van der Waals surface area contributed by atoms with Gasteiger partial charge < -0.3 is 0 Å². The van der Waals surface area contributed by atoms with Gasteiger partial charge in [0, 0.05) is 25.5 Å². The van der Waals surface area contributed by atoms with E-state index < -0.39 is 6.43 Å². The fourth-order valence-electron chi connectivity index (χ4n) is 1.31. The van der Waals surface area contributed by atoms with Crippen LogP contribution in [0.1, 0.15) is 12.0 Å². The van der Waals surface area contributed by atoms with Crippen LogP contribution in [0.4, 0.5) is 8.78 Å². The maximum Gasteiger partial charge on any atom is 0.265 e. The Morgan fingerprint density at radius 1 is 1.36 bits per heavy atom. The Balaban J connectivity index is 2.87. The molecule has 0 spiro atoms. The maximum absolute atomic E-state index is 12.7. The minimum absolute atomic E-state index is 0.0197. The molecule has 2 rings (SSSR count). The molecule has 0 aliphatic carbocycles. The number of hydrogen-bond donors (Lipinski definition) is 0. The molecule has 14 heavy (non-hydrogen) atoms. The highest BCUT2D eigenvalue weighted by atomic mass is 79.9. The lowest BCUT2D eigenvalue weighted by Crippen LogP contribution is -1.87. The van der Waals surface area contributed by atoms with Crippen LogP contribution in [0.5, 0.6) is 0 Å². The first-order chi connectivity index (χ1) is 6.61. The maximum atomic E-state index is 12.7. The minimum atomic E-state index is -2.51. The van der Waals surface area contributed by atoms with Gasteiger partial charge in [0.2, 0.25) is 0 Å². The topological polar surface area (TPSA) is 0 Å². The molecule has 0 saturated carbocycles. The minimum Gasteiger partial charge on any atom is -0.205 e. The van der Waals surface area contributed by atoms with Gasteiger partial charge in [-0.05, 0) is 12.1 Å². The molecule has 2 aromatic rings. The van der Waals surface area contributed by atoms with Gasteiger partial charge in [-0.15, -0.1) is 11.3 Å². The van der Waals surface area contributed by atoms with Gasteiger partial charge in [-0.1, -0.05) is 27.5 Å². The van der Waals surface area contributed by atoms with E-state index in [1.54, 1.807) is 17.5 Å². The van der Waals surface area contributed by atoms with Crippen molar-refractivity contribution in [3.8, 4) is 0 Å². The molecule has 0 N–H and O–H groups in total. The van der Waals surface area contributed by atoms with Gasteiger partial charge >= 0.3 is 0 Å². The Morgan fingerprint density at radius 3 is 2.71 bits per heavy atom. The first-order valence-corrected chi connectivity index (χ1v) is 5.79. The van der Waals surface area contributed by atoms with E-state index in [0.717, 1.165) is 4.70 Å². The molecular formula is C9H4BrClF2S. The summed E-state index contributed by atoms with van der Waals surface area (Å²) in [5.41, 5.74) is -0.0197. The predicted octanol–water partition coefficient (Wildman–Crippen LogP) is 5.25. The number of thiophene rings is 1. The van der Waals surface area contributed by atoms with Crippen molar-refractivity contribution in [2.45, 2.75) is 6.43 Å². The van der Waals surface area contributed by atoms with Crippen molar-refractivity contribution in [2.75, 3.05) is 0 Å². The van der Waals surface area contributed by atoms with E-state index in [-0.39, 0.29) is 5.56 Å². The second-order valence-corrected chi connectivity index (χ2v) is 4.89. The molecule has 1 aromatic heterocycles. The van der Waals surface area contributed by atoms with Gasteiger partial charge in [0.1, 0.15) is 0 Å². The van der Waals surface area contributed by atoms with Crippen LogP contribution in [0.25, 0.3) is 10.1 Å². The molecule has 0 saturated heterocycles. The zero-order chi connectivity index (χ0) is 10.3. The normalized spacial score (nSPS) is 11.5. The number of hydrogen-bond acceptors (Lipinski definition) is 1. The van der Waals surface area contributed by atoms with Crippen LogP contribution >= 0.6 is 38.9 Å². The van der Waals surface area contributed by atoms with Gasteiger partial charge in [0.25, 0.3) is 6.43 Å².